The molecule has 0 aliphatic carbocycles. The molecule has 0 bridgehead atoms. The first-order valence-corrected chi connectivity index (χ1v) is 13.7. The fraction of sp³-hybridized carbons (Fsp3) is 0.370. The average Bonchev–Trinajstić information content (AvgIpc) is 2.84. The van der Waals surface area contributed by atoms with Crippen LogP contribution in [0, 0.1) is 18.7 Å². The summed E-state index contributed by atoms with van der Waals surface area (Å²) in [6.45, 7) is 8.38. The highest BCUT2D eigenvalue weighted by atomic mass is 32.2. The predicted octanol–water partition coefficient (Wildman–Crippen LogP) is 5.31. The Balaban J connectivity index is 1.93. The molecule has 198 valence electrons. The van der Waals surface area contributed by atoms with E-state index in [1.54, 1.807) is 19.1 Å². The standard InChI is InChI=1S/C27H32FN3O5S/c1-5-6-7-13-35-27-23(26(32)31-37(33,34)25-10-8-9-19(4)29-25)11-12-24(30-27)20-14-21(28)16-22(15-20)36-17-18(2)3/h8-12,14-16,18H,5-7,13,17H2,1-4H3,(H,31,32). The normalized spacial score (nSPS) is 11.4. The molecule has 0 unspecified atom stereocenters. The lowest BCUT2D eigenvalue weighted by Gasteiger charge is -2.14. The topological polar surface area (TPSA) is 107 Å². The molecule has 1 N–H and O–H groups in total. The number of ether oxygens (including phenoxy) is 2. The molecule has 0 aliphatic rings. The zero-order valence-electron chi connectivity index (χ0n) is 21.5. The summed E-state index contributed by atoms with van der Waals surface area (Å²) in [6.07, 6.45) is 2.60. The Hall–Kier alpha value is -3.53. The van der Waals surface area contributed by atoms with E-state index in [-0.39, 0.29) is 29.0 Å². The predicted molar refractivity (Wildman–Crippen MR) is 139 cm³/mol. The summed E-state index contributed by atoms with van der Waals surface area (Å²) in [5.74, 6) is -0.839. The van der Waals surface area contributed by atoms with E-state index in [1.807, 2.05) is 25.5 Å². The first-order chi connectivity index (χ1) is 17.6. The van der Waals surface area contributed by atoms with Gasteiger partial charge in [-0.15, -0.1) is 0 Å². The molecular formula is C27H32FN3O5S. The number of pyridine rings is 2. The lowest BCUT2D eigenvalue weighted by molar-refractivity contribution is 0.0976. The molecule has 0 saturated carbocycles. The number of benzene rings is 1. The van der Waals surface area contributed by atoms with E-state index < -0.39 is 21.7 Å². The van der Waals surface area contributed by atoms with Gasteiger partial charge in [0.05, 0.1) is 18.9 Å². The van der Waals surface area contributed by atoms with E-state index in [1.165, 1.54) is 36.4 Å². The maximum absolute atomic E-state index is 14.3. The van der Waals surface area contributed by atoms with Crippen LogP contribution in [-0.2, 0) is 10.0 Å². The van der Waals surface area contributed by atoms with Crippen LogP contribution in [0.1, 0.15) is 56.1 Å². The van der Waals surface area contributed by atoms with Crippen LogP contribution in [0.25, 0.3) is 11.3 Å². The molecule has 0 spiro atoms. The van der Waals surface area contributed by atoms with Crippen molar-refractivity contribution in [3.63, 3.8) is 0 Å². The van der Waals surface area contributed by atoms with Crippen LogP contribution in [0.4, 0.5) is 4.39 Å². The molecule has 0 fully saturated rings. The number of carbonyl (C=O) groups excluding carboxylic acids is 1. The summed E-state index contributed by atoms with van der Waals surface area (Å²) in [5, 5.41) is -0.274. The van der Waals surface area contributed by atoms with Gasteiger partial charge in [-0.1, -0.05) is 39.7 Å². The van der Waals surface area contributed by atoms with E-state index in [0.717, 1.165) is 19.3 Å². The van der Waals surface area contributed by atoms with Crippen molar-refractivity contribution in [1.29, 1.82) is 0 Å². The minimum atomic E-state index is -4.22. The number of nitrogens with zero attached hydrogens (tertiary/aromatic N) is 2. The highest BCUT2D eigenvalue weighted by molar-refractivity contribution is 7.90. The molecule has 0 aliphatic heterocycles. The van der Waals surface area contributed by atoms with Crippen molar-refractivity contribution in [3.8, 4) is 22.9 Å². The number of aryl methyl sites for hydroxylation is 1. The van der Waals surface area contributed by atoms with E-state index in [9.17, 15) is 17.6 Å². The number of sulfonamides is 1. The summed E-state index contributed by atoms with van der Waals surface area (Å²) in [5.41, 5.74) is 1.21. The number of carbonyl (C=O) groups is 1. The minimum Gasteiger partial charge on any atom is -0.493 e. The fourth-order valence-corrected chi connectivity index (χ4v) is 4.34. The van der Waals surface area contributed by atoms with Gasteiger partial charge in [0.25, 0.3) is 15.9 Å². The fourth-order valence-electron chi connectivity index (χ4n) is 3.36. The molecule has 8 nitrogen and oxygen atoms in total. The third-order valence-electron chi connectivity index (χ3n) is 5.21. The van der Waals surface area contributed by atoms with Crippen LogP contribution in [-0.4, -0.2) is 37.5 Å². The third kappa shape index (κ3) is 7.98. The molecule has 3 aromatic rings. The van der Waals surface area contributed by atoms with Crippen molar-refractivity contribution in [2.24, 2.45) is 5.92 Å². The Labute approximate surface area is 217 Å². The Morgan fingerprint density at radius 1 is 1.05 bits per heavy atom. The number of nitrogens with one attached hydrogen (secondary N) is 1. The Morgan fingerprint density at radius 3 is 2.54 bits per heavy atom. The maximum Gasteiger partial charge on any atom is 0.281 e. The van der Waals surface area contributed by atoms with Gasteiger partial charge in [0, 0.05) is 17.3 Å². The molecule has 3 rings (SSSR count). The lowest BCUT2D eigenvalue weighted by Crippen LogP contribution is -2.31. The molecule has 2 heterocycles. The highest BCUT2D eigenvalue weighted by Gasteiger charge is 2.24. The Morgan fingerprint density at radius 2 is 1.84 bits per heavy atom. The largest absolute Gasteiger partial charge is 0.493 e. The molecule has 1 amide bonds. The van der Waals surface area contributed by atoms with E-state index in [0.29, 0.717) is 29.3 Å². The molecule has 0 atom stereocenters. The van der Waals surface area contributed by atoms with Crippen molar-refractivity contribution in [3.05, 3.63) is 65.6 Å². The van der Waals surface area contributed by atoms with Crippen molar-refractivity contribution < 1.29 is 27.1 Å². The summed E-state index contributed by atoms with van der Waals surface area (Å²) in [7, 11) is -4.22. The first kappa shape index (κ1) is 28.0. The Bertz CT molecular complexity index is 1350. The average molecular weight is 530 g/mol. The maximum atomic E-state index is 14.3. The van der Waals surface area contributed by atoms with E-state index >= 15 is 0 Å². The summed E-state index contributed by atoms with van der Waals surface area (Å²) >= 11 is 0. The van der Waals surface area contributed by atoms with Crippen molar-refractivity contribution in [2.75, 3.05) is 13.2 Å². The van der Waals surface area contributed by atoms with Gasteiger partial charge in [-0.2, -0.15) is 8.42 Å². The number of rotatable bonds is 12. The molecule has 0 saturated heterocycles. The molecular weight excluding hydrogens is 497 g/mol. The van der Waals surface area contributed by atoms with Crippen LogP contribution >= 0.6 is 0 Å². The van der Waals surface area contributed by atoms with Crippen molar-refractivity contribution in [1.82, 2.24) is 14.7 Å². The van der Waals surface area contributed by atoms with Crippen molar-refractivity contribution >= 4 is 15.9 Å². The van der Waals surface area contributed by atoms with Gasteiger partial charge in [-0.05, 0) is 55.7 Å². The monoisotopic (exact) mass is 529 g/mol. The van der Waals surface area contributed by atoms with E-state index in [2.05, 4.69) is 9.97 Å². The SMILES string of the molecule is CCCCCOc1nc(-c2cc(F)cc(OCC(C)C)c2)ccc1C(=O)NS(=O)(=O)c1cccc(C)n1. The number of aromatic nitrogens is 2. The second-order valence-corrected chi connectivity index (χ2v) is 10.7. The second kappa shape index (κ2) is 12.6. The Kier molecular flexibility index (Phi) is 9.57. The smallest absolute Gasteiger partial charge is 0.281 e. The van der Waals surface area contributed by atoms with Gasteiger partial charge in [-0.3, -0.25) is 4.79 Å². The van der Waals surface area contributed by atoms with Crippen molar-refractivity contribution in [2.45, 2.75) is 52.0 Å². The second-order valence-electron chi connectivity index (χ2n) is 9.04. The number of unbranched alkanes of at least 4 members (excludes halogenated alkanes) is 2. The van der Waals surface area contributed by atoms with E-state index in [4.69, 9.17) is 9.47 Å². The highest BCUT2D eigenvalue weighted by Crippen LogP contribution is 2.28. The molecule has 10 heteroatoms. The quantitative estimate of drug-likeness (QED) is 0.317. The lowest BCUT2D eigenvalue weighted by atomic mass is 10.1. The van der Waals surface area contributed by atoms with Gasteiger partial charge in [0.1, 0.15) is 17.1 Å². The van der Waals surface area contributed by atoms with Crippen LogP contribution in [0.15, 0.2) is 53.6 Å². The minimum absolute atomic E-state index is 0.0487. The van der Waals surface area contributed by atoms with Crippen LogP contribution in [0.3, 0.4) is 0 Å². The van der Waals surface area contributed by atoms with Gasteiger partial charge < -0.3 is 9.47 Å². The number of halogens is 1. The summed E-state index contributed by atoms with van der Waals surface area (Å²) < 4.78 is 53.3. The molecule has 2 aromatic heterocycles. The summed E-state index contributed by atoms with van der Waals surface area (Å²) in [6, 6.07) is 11.7. The van der Waals surface area contributed by atoms with Crippen LogP contribution in [0.5, 0.6) is 11.6 Å². The third-order valence-corrected chi connectivity index (χ3v) is 6.44. The van der Waals surface area contributed by atoms with Gasteiger partial charge in [0.15, 0.2) is 5.03 Å². The molecule has 0 radical (unpaired) electrons. The summed E-state index contributed by atoms with van der Waals surface area (Å²) in [4.78, 5) is 21.4. The van der Waals surface area contributed by atoms with Gasteiger partial charge in [-0.25, -0.2) is 19.1 Å². The number of hydrogen-bond donors (Lipinski definition) is 1. The number of hydrogen-bond acceptors (Lipinski definition) is 7. The zero-order valence-corrected chi connectivity index (χ0v) is 22.3. The number of amides is 1. The first-order valence-electron chi connectivity index (χ1n) is 12.2. The molecule has 1 aromatic carbocycles. The van der Waals surface area contributed by atoms with Gasteiger partial charge >= 0.3 is 0 Å². The molecule has 37 heavy (non-hydrogen) atoms. The van der Waals surface area contributed by atoms with Crippen LogP contribution in [0.2, 0.25) is 0 Å². The van der Waals surface area contributed by atoms with Crippen LogP contribution < -0.4 is 14.2 Å². The van der Waals surface area contributed by atoms with Gasteiger partial charge in [0.2, 0.25) is 5.88 Å². The zero-order chi connectivity index (χ0) is 27.0.